The van der Waals surface area contributed by atoms with E-state index in [9.17, 15) is 0 Å². The number of nitrogens with zero attached hydrogens (tertiary/aromatic N) is 6. The Morgan fingerprint density at radius 3 is 2.84 bits per heavy atom. The van der Waals surface area contributed by atoms with E-state index < -0.39 is 0 Å². The SMILES string of the molecule is c1cnc(N2CCCC(Nc3nc(-c4cccnc4)nc4sc5c(c34)CCC5)C2)nc1. The minimum Gasteiger partial charge on any atom is -0.365 e. The number of aromatic nitrogens is 5. The molecule has 1 N–H and O–H groups in total. The van der Waals surface area contributed by atoms with E-state index in [0.29, 0.717) is 0 Å². The maximum absolute atomic E-state index is 5.01. The molecule has 31 heavy (non-hydrogen) atoms. The molecule has 1 aliphatic heterocycles. The molecule has 5 heterocycles. The topological polar surface area (TPSA) is 79.7 Å². The summed E-state index contributed by atoms with van der Waals surface area (Å²) in [6.07, 6.45) is 12.9. The number of aryl methyl sites for hydroxylation is 2. The molecule has 6 rings (SSSR count). The summed E-state index contributed by atoms with van der Waals surface area (Å²) < 4.78 is 0. The van der Waals surface area contributed by atoms with Crippen LogP contribution in [0.25, 0.3) is 21.6 Å². The summed E-state index contributed by atoms with van der Waals surface area (Å²) in [6, 6.07) is 6.10. The maximum atomic E-state index is 5.01. The van der Waals surface area contributed by atoms with Crippen molar-refractivity contribution < 1.29 is 0 Å². The van der Waals surface area contributed by atoms with Gasteiger partial charge in [-0.15, -0.1) is 11.3 Å². The lowest BCUT2D eigenvalue weighted by molar-refractivity contribution is 0.522. The second-order valence-corrected chi connectivity index (χ2v) is 9.24. The minimum atomic E-state index is 0.286. The van der Waals surface area contributed by atoms with Crippen molar-refractivity contribution in [3.63, 3.8) is 0 Å². The number of piperidine rings is 1. The Balaban J connectivity index is 1.37. The van der Waals surface area contributed by atoms with E-state index in [1.54, 1.807) is 6.20 Å². The number of thiophene rings is 1. The van der Waals surface area contributed by atoms with Crippen LogP contribution >= 0.6 is 11.3 Å². The molecule has 1 unspecified atom stereocenters. The lowest BCUT2D eigenvalue weighted by Crippen LogP contribution is -2.43. The third-order valence-corrected chi connectivity index (χ3v) is 7.27. The van der Waals surface area contributed by atoms with Crippen molar-refractivity contribution in [2.45, 2.75) is 38.1 Å². The van der Waals surface area contributed by atoms with Crippen LogP contribution in [0.15, 0.2) is 43.0 Å². The average Bonchev–Trinajstić information content (AvgIpc) is 3.41. The molecule has 1 aliphatic carbocycles. The average molecular weight is 430 g/mol. The molecule has 4 aromatic heterocycles. The highest BCUT2D eigenvalue weighted by atomic mass is 32.1. The first-order valence-corrected chi connectivity index (χ1v) is 11.7. The summed E-state index contributed by atoms with van der Waals surface area (Å²) in [5.74, 6) is 2.50. The Morgan fingerprint density at radius 1 is 1.03 bits per heavy atom. The Morgan fingerprint density at radius 2 is 1.97 bits per heavy atom. The minimum absolute atomic E-state index is 0.286. The Hall–Kier alpha value is -3.13. The molecule has 156 valence electrons. The van der Waals surface area contributed by atoms with E-state index >= 15 is 0 Å². The zero-order valence-corrected chi connectivity index (χ0v) is 18.0. The van der Waals surface area contributed by atoms with Gasteiger partial charge in [-0.2, -0.15) is 0 Å². The predicted octanol–water partition coefficient (Wildman–Crippen LogP) is 4.11. The lowest BCUT2D eigenvalue weighted by atomic mass is 10.1. The largest absolute Gasteiger partial charge is 0.365 e. The van der Waals surface area contributed by atoms with E-state index in [-0.39, 0.29) is 6.04 Å². The van der Waals surface area contributed by atoms with Crippen LogP contribution in [0.4, 0.5) is 11.8 Å². The van der Waals surface area contributed by atoms with Crippen LogP contribution in [-0.2, 0) is 12.8 Å². The summed E-state index contributed by atoms with van der Waals surface area (Å²) in [7, 11) is 0. The molecule has 0 amide bonds. The van der Waals surface area contributed by atoms with E-state index in [0.717, 1.165) is 66.8 Å². The summed E-state index contributed by atoms with van der Waals surface area (Å²) in [6.45, 7) is 1.85. The van der Waals surface area contributed by atoms with Gasteiger partial charge in [-0.1, -0.05) is 0 Å². The van der Waals surface area contributed by atoms with E-state index in [1.165, 1.54) is 22.2 Å². The van der Waals surface area contributed by atoms with Crippen molar-refractivity contribution in [3.05, 3.63) is 53.4 Å². The molecule has 0 saturated carbocycles. The molecular formula is C23H23N7S. The van der Waals surface area contributed by atoms with Gasteiger partial charge in [0.05, 0.1) is 5.39 Å². The number of pyridine rings is 1. The van der Waals surface area contributed by atoms with Gasteiger partial charge in [-0.25, -0.2) is 19.9 Å². The molecule has 0 aromatic carbocycles. The fraction of sp³-hybridized carbons (Fsp3) is 0.348. The van der Waals surface area contributed by atoms with Crippen molar-refractivity contribution >= 4 is 33.3 Å². The van der Waals surface area contributed by atoms with Crippen LogP contribution in [0.1, 0.15) is 29.7 Å². The molecule has 8 heteroatoms. The van der Waals surface area contributed by atoms with Crippen LogP contribution < -0.4 is 10.2 Å². The molecule has 0 bridgehead atoms. The molecule has 4 aromatic rings. The Bertz CT molecular complexity index is 1210. The van der Waals surface area contributed by atoms with Crippen molar-refractivity contribution in [2.24, 2.45) is 0 Å². The number of hydrogen-bond acceptors (Lipinski definition) is 8. The first-order valence-electron chi connectivity index (χ1n) is 10.9. The highest BCUT2D eigenvalue weighted by molar-refractivity contribution is 7.19. The normalized spacial score (nSPS) is 18.3. The molecule has 1 saturated heterocycles. The molecule has 7 nitrogen and oxygen atoms in total. The van der Waals surface area contributed by atoms with Gasteiger partial charge in [0.15, 0.2) is 5.82 Å². The third-order valence-electron chi connectivity index (χ3n) is 6.08. The zero-order chi connectivity index (χ0) is 20.6. The van der Waals surface area contributed by atoms with Gasteiger partial charge in [-0.05, 0) is 55.9 Å². The number of anilines is 2. The second kappa shape index (κ2) is 7.85. The van der Waals surface area contributed by atoms with Gasteiger partial charge in [0.1, 0.15) is 10.6 Å². The van der Waals surface area contributed by atoms with Crippen LogP contribution in [0.2, 0.25) is 0 Å². The maximum Gasteiger partial charge on any atom is 0.225 e. The van der Waals surface area contributed by atoms with Gasteiger partial charge in [0.25, 0.3) is 0 Å². The molecule has 0 radical (unpaired) electrons. The lowest BCUT2D eigenvalue weighted by Gasteiger charge is -2.33. The van der Waals surface area contributed by atoms with Gasteiger partial charge in [0, 0.05) is 54.4 Å². The molecular weight excluding hydrogens is 406 g/mol. The molecule has 1 atom stereocenters. The van der Waals surface area contributed by atoms with Gasteiger partial charge in [-0.3, -0.25) is 4.98 Å². The van der Waals surface area contributed by atoms with Crippen LogP contribution in [-0.4, -0.2) is 44.1 Å². The smallest absolute Gasteiger partial charge is 0.225 e. The van der Waals surface area contributed by atoms with Gasteiger partial charge in [0.2, 0.25) is 5.95 Å². The first kappa shape index (κ1) is 18.6. The standard InChI is InChI=1S/C23H23N7S/c1-7-17-18(8-1)31-22-19(17)21(28-20(29-22)15-5-2-9-24-13-15)27-16-6-3-12-30(14-16)23-25-10-4-11-26-23/h2,4-5,9-11,13,16H,1,3,6-8,12,14H2,(H,27,28,29). The zero-order valence-electron chi connectivity index (χ0n) is 17.2. The quantitative estimate of drug-likeness (QED) is 0.523. The van der Waals surface area contributed by atoms with E-state index in [1.807, 2.05) is 48.1 Å². The summed E-state index contributed by atoms with van der Waals surface area (Å²) in [4.78, 5) is 27.9. The molecule has 2 aliphatic rings. The fourth-order valence-corrected chi connectivity index (χ4v) is 5.91. The van der Waals surface area contributed by atoms with Crippen molar-refractivity contribution in [1.29, 1.82) is 0 Å². The molecule has 0 spiro atoms. The van der Waals surface area contributed by atoms with Gasteiger partial charge >= 0.3 is 0 Å². The first-order chi connectivity index (χ1) is 15.3. The predicted molar refractivity (Wildman–Crippen MR) is 124 cm³/mol. The summed E-state index contributed by atoms with van der Waals surface area (Å²) in [5.41, 5.74) is 2.39. The van der Waals surface area contributed by atoms with Crippen LogP contribution in [0.5, 0.6) is 0 Å². The number of rotatable bonds is 4. The highest BCUT2D eigenvalue weighted by Gasteiger charge is 2.26. The third kappa shape index (κ3) is 3.50. The Labute approximate surface area is 184 Å². The number of nitrogens with one attached hydrogen (secondary N) is 1. The van der Waals surface area contributed by atoms with E-state index in [4.69, 9.17) is 9.97 Å². The monoisotopic (exact) mass is 429 g/mol. The Kier molecular flexibility index (Phi) is 4.71. The van der Waals surface area contributed by atoms with Crippen LogP contribution in [0, 0.1) is 0 Å². The summed E-state index contributed by atoms with van der Waals surface area (Å²) in [5, 5.41) is 5.01. The number of hydrogen-bond donors (Lipinski definition) is 1. The van der Waals surface area contributed by atoms with E-state index in [2.05, 4.69) is 25.2 Å². The van der Waals surface area contributed by atoms with Crippen molar-refractivity contribution in [1.82, 2.24) is 24.9 Å². The second-order valence-electron chi connectivity index (χ2n) is 8.15. The van der Waals surface area contributed by atoms with Crippen molar-refractivity contribution in [3.8, 4) is 11.4 Å². The summed E-state index contributed by atoms with van der Waals surface area (Å²) >= 11 is 1.83. The number of fused-ring (bicyclic) bond motifs is 3. The highest BCUT2D eigenvalue weighted by Crippen LogP contribution is 2.40. The molecule has 1 fully saturated rings. The van der Waals surface area contributed by atoms with Gasteiger partial charge < -0.3 is 10.2 Å². The fourth-order valence-electron chi connectivity index (χ4n) is 4.65. The van der Waals surface area contributed by atoms with Crippen molar-refractivity contribution in [2.75, 3.05) is 23.3 Å². The van der Waals surface area contributed by atoms with Crippen LogP contribution in [0.3, 0.4) is 0 Å².